The van der Waals surface area contributed by atoms with Crippen LogP contribution in [0.5, 0.6) is 11.5 Å². The minimum atomic E-state index is -1.18. The van der Waals surface area contributed by atoms with E-state index in [1.54, 1.807) is 28.8 Å². The molecule has 1 amide bonds. The van der Waals surface area contributed by atoms with E-state index in [2.05, 4.69) is 0 Å². The van der Waals surface area contributed by atoms with E-state index in [0.717, 1.165) is 11.3 Å². The van der Waals surface area contributed by atoms with Crippen LogP contribution in [0.3, 0.4) is 0 Å². The third-order valence-corrected chi connectivity index (χ3v) is 6.64. The Morgan fingerprint density at radius 2 is 2.00 bits per heavy atom. The van der Waals surface area contributed by atoms with Crippen LogP contribution < -0.4 is 15.1 Å². The quantitative estimate of drug-likeness (QED) is 0.513. The number of thioether (sulfide) groups is 1. The maximum Gasteiger partial charge on any atom is 0.522 e. The SMILES string of the molecule is N[C@H](CSCc1ccccc1)C(=O)N1CC(Oc2ccc3c(c2C(=O)O)OB(O)CC3)C1. The number of carboxylic acids is 1. The lowest BCUT2D eigenvalue weighted by Gasteiger charge is -2.40. The fourth-order valence-electron chi connectivity index (χ4n) is 3.77. The Morgan fingerprint density at radius 3 is 2.72 bits per heavy atom. The number of hydrogen-bond acceptors (Lipinski definition) is 7. The fourth-order valence-corrected chi connectivity index (χ4v) is 4.71. The number of aryl methyl sites for hydroxylation is 1. The van der Waals surface area contributed by atoms with Gasteiger partial charge in [-0.15, -0.1) is 0 Å². The third kappa shape index (κ3) is 5.03. The van der Waals surface area contributed by atoms with Crippen molar-refractivity contribution in [3.8, 4) is 11.5 Å². The number of carbonyl (C=O) groups excluding carboxylic acids is 1. The molecular weight excluding hydrogens is 431 g/mol. The van der Waals surface area contributed by atoms with Gasteiger partial charge in [-0.25, -0.2) is 4.79 Å². The largest absolute Gasteiger partial charge is 0.535 e. The van der Waals surface area contributed by atoms with E-state index in [9.17, 15) is 19.7 Å². The second-order valence-corrected chi connectivity index (χ2v) is 8.96. The minimum absolute atomic E-state index is 0.0972. The zero-order chi connectivity index (χ0) is 22.7. The molecule has 4 N–H and O–H groups in total. The molecule has 2 aliphatic rings. The summed E-state index contributed by atoms with van der Waals surface area (Å²) in [6, 6.07) is 12.8. The van der Waals surface area contributed by atoms with E-state index in [0.29, 0.717) is 31.6 Å². The molecule has 0 bridgehead atoms. The summed E-state index contributed by atoms with van der Waals surface area (Å²) >= 11 is 1.61. The van der Waals surface area contributed by atoms with Crippen molar-refractivity contribution < 1.29 is 29.1 Å². The molecule has 2 heterocycles. The standard InChI is InChI=1S/C22H25BN2O6S/c24-17(13-32-12-14-4-2-1-3-5-14)21(26)25-10-16(11-25)30-18-7-6-15-8-9-23(29)31-20(15)19(18)22(27)28/h1-7,16-17,29H,8-13,24H2,(H,27,28)/t17-/m1/s1. The highest BCUT2D eigenvalue weighted by Gasteiger charge is 2.36. The number of aromatic carboxylic acids is 1. The van der Waals surface area contributed by atoms with Gasteiger partial charge in [0.1, 0.15) is 23.2 Å². The number of benzene rings is 2. The van der Waals surface area contributed by atoms with Crippen molar-refractivity contribution in [3.63, 3.8) is 0 Å². The second kappa shape index (κ2) is 9.85. The molecule has 0 aromatic heterocycles. The lowest BCUT2D eigenvalue weighted by atomic mass is 9.78. The molecule has 10 heteroatoms. The maximum absolute atomic E-state index is 12.6. The van der Waals surface area contributed by atoms with Gasteiger partial charge in [0, 0.05) is 11.5 Å². The second-order valence-electron chi connectivity index (χ2n) is 7.93. The first kappa shape index (κ1) is 22.5. The number of amides is 1. The molecule has 0 spiro atoms. The molecule has 4 rings (SSSR count). The summed E-state index contributed by atoms with van der Waals surface area (Å²) < 4.78 is 11.2. The molecular formula is C22H25BN2O6S. The topological polar surface area (TPSA) is 122 Å². The lowest BCUT2D eigenvalue weighted by molar-refractivity contribution is -0.140. The van der Waals surface area contributed by atoms with Gasteiger partial charge in [0.25, 0.3) is 0 Å². The van der Waals surface area contributed by atoms with E-state index in [1.807, 2.05) is 30.3 Å². The lowest BCUT2D eigenvalue weighted by Crippen LogP contribution is -2.60. The number of carbonyl (C=O) groups is 2. The number of likely N-dealkylation sites (tertiary alicyclic amines) is 1. The van der Waals surface area contributed by atoms with E-state index in [1.165, 1.54) is 5.56 Å². The number of nitrogens with zero attached hydrogens (tertiary/aromatic N) is 1. The predicted molar refractivity (Wildman–Crippen MR) is 122 cm³/mol. The molecule has 1 atom stereocenters. The van der Waals surface area contributed by atoms with Crippen molar-refractivity contribution >= 4 is 30.8 Å². The molecule has 2 aromatic carbocycles. The van der Waals surface area contributed by atoms with E-state index in [4.69, 9.17) is 15.1 Å². The summed E-state index contributed by atoms with van der Waals surface area (Å²) in [5, 5.41) is 19.4. The van der Waals surface area contributed by atoms with Gasteiger partial charge < -0.3 is 30.2 Å². The van der Waals surface area contributed by atoms with Crippen LogP contribution in [-0.2, 0) is 17.0 Å². The summed E-state index contributed by atoms with van der Waals surface area (Å²) in [5.41, 5.74) is 7.89. The summed E-state index contributed by atoms with van der Waals surface area (Å²) in [4.78, 5) is 26.0. The molecule has 32 heavy (non-hydrogen) atoms. The highest BCUT2D eigenvalue weighted by atomic mass is 32.2. The van der Waals surface area contributed by atoms with Gasteiger partial charge in [-0.05, 0) is 29.9 Å². The van der Waals surface area contributed by atoms with E-state index < -0.39 is 19.1 Å². The van der Waals surface area contributed by atoms with Crippen LogP contribution in [0, 0.1) is 0 Å². The third-order valence-electron chi connectivity index (χ3n) is 5.51. The highest BCUT2D eigenvalue weighted by molar-refractivity contribution is 7.98. The van der Waals surface area contributed by atoms with E-state index in [-0.39, 0.29) is 29.1 Å². The van der Waals surface area contributed by atoms with Gasteiger partial charge in [0.05, 0.1) is 19.1 Å². The highest BCUT2D eigenvalue weighted by Crippen LogP contribution is 2.37. The van der Waals surface area contributed by atoms with Crippen LogP contribution in [0.25, 0.3) is 0 Å². The number of hydrogen-bond donors (Lipinski definition) is 3. The summed E-state index contributed by atoms with van der Waals surface area (Å²) in [7, 11) is -1.03. The Labute approximate surface area is 190 Å². The van der Waals surface area contributed by atoms with Crippen molar-refractivity contribution in [3.05, 3.63) is 59.2 Å². The predicted octanol–water partition coefficient (Wildman–Crippen LogP) is 1.65. The molecule has 1 fully saturated rings. The maximum atomic E-state index is 12.6. The Balaban J connectivity index is 1.30. The molecule has 0 aliphatic carbocycles. The first-order valence-electron chi connectivity index (χ1n) is 10.5. The van der Waals surface area contributed by atoms with Crippen molar-refractivity contribution in [1.29, 1.82) is 0 Å². The minimum Gasteiger partial charge on any atom is -0.535 e. The number of carboxylic acid groups (broad SMARTS) is 1. The van der Waals surface area contributed by atoms with Gasteiger partial charge in [-0.3, -0.25) is 4.79 Å². The number of rotatable bonds is 8. The van der Waals surface area contributed by atoms with Crippen molar-refractivity contribution in [2.24, 2.45) is 5.73 Å². The first-order chi connectivity index (χ1) is 15.4. The molecule has 2 aromatic rings. The molecule has 0 saturated carbocycles. The van der Waals surface area contributed by atoms with Crippen molar-refractivity contribution in [2.45, 2.75) is 30.6 Å². The van der Waals surface area contributed by atoms with Crippen LogP contribution >= 0.6 is 11.8 Å². The Hall–Kier alpha value is -2.69. The zero-order valence-corrected chi connectivity index (χ0v) is 18.3. The Morgan fingerprint density at radius 1 is 1.25 bits per heavy atom. The van der Waals surface area contributed by atoms with Crippen LogP contribution in [0.4, 0.5) is 0 Å². The number of nitrogens with two attached hydrogens (primary N) is 1. The molecule has 0 radical (unpaired) electrons. The van der Waals surface area contributed by atoms with Crippen LogP contribution in [0.2, 0.25) is 6.32 Å². The summed E-state index contributed by atoms with van der Waals surface area (Å²) in [6.07, 6.45) is 0.617. The number of ether oxygens (including phenoxy) is 1. The fraction of sp³-hybridized carbons (Fsp3) is 0.364. The first-order valence-corrected chi connectivity index (χ1v) is 11.6. The molecule has 1 saturated heterocycles. The Kier molecular flexibility index (Phi) is 6.93. The Bertz CT molecular complexity index is 986. The van der Waals surface area contributed by atoms with Gasteiger partial charge in [0.2, 0.25) is 5.91 Å². The van der Waals surface area contributed by atoms with Gasteiger partial charge in [-0.2, -0.15) is 11.8 Å². The summed E-state index contributed by atoms with van der Waals surface area (Å²) in [6.45, 7) is 0.686. The summed E-state index contributed by atoms with van der Waals surface area (Å²) in [5.74, 6) is 0.310. The molecule has 2 aliphatic heterocycles. The van der Waals surface area contributed by atoms with Crippen LogP contribution in [0.15, 0.2) is 42.5 Å². The van der Waals surface area contributed by atoms with Gasteiger partial charge >= 0.3 is 13.1 Å². The van der Waals surface area contributed by atoms with Gasteiger partial charge in [0.15, 0.2) is 0 Å². The van der Waals surface area contributed by atoms with Gasteiger partial charge in [-0.1, -0.05) is 36.4 Å². The smallest absolute Gasteiger partial charge is 0.522 e. The zero-order valence-electron chi connectivity index (χ0n) is 17.5. The van der Waals surface area contributed by atoms with Crippen LogP contribution in [-0.4, -0.2) is 65.0 Å². The van der Waals surface area contributed by atoms with Crippen molar-refractivity contribution in [1.82, 2.24) is 4.90 Å². The molecule has 8 nitrogen and oxygen atoms in total. The number of fused-ring (bicyclic) bond motifs is 1. The van der Waals surface area contributed by atoms with Crippen molar-refractivity contribution in [2.75, 3.05) is 18.8 Å². The average molecular weight is 456 g/mol. The normalized spacial score (nSPS) is 16.6. The molecule has 0 unspecified atom stereocenters. The molecule has 168 valence electrons. The van der Waals surface area contributed by atoms with Crippen LogP contribution in [0.1, 0.15) is 21.5 Å². The van der Waals surface area contributed by atoms with E-state index >= 15 is 0 Å². The average Bonchev–Trinajstić information content (AvgIpc) is 2.75. The monoisotopic (exact) mass is 456 g/mol.